The molecule has 1 aromatic heterocycles. The van der Waals surface area contributed by atoms with Gasteiger partial charge in [-0.3, -0.25) is 9.74 Å². The van der Waals surface area contributed by atoms with Crippen molar-refractivity contribution in [1.29, 1.82) is 0 Å². The molecule has 35 heavy (non-hydrogen) atoms. The van der Waals surface area contributed by atoms with E-state index in [1.54, 1.807) is 0 Å². The first kappa shape index (κ1) is 22.3. The Balaban J connectivity index is 1.29. The zero-order chi connectivity index (χ0) is 24.0. The number of alkyl halides is 3. The molecule has 9 heteroatoms. The summed E-state index contributed by atoms with van der Waals surface area (Å²) in [7, 11) is 0. The fourth-order valence-electron chi connectivity index (χ4n) is 4.99. The molecule has 0 radical (unpaired) electrons. The third-order valence-corrected chi connectivity index (χ3v) is 6.94. The molecule has 1 saturated carbocycles. The van der Waals surface area contributed by atoms with Gasteiger partial charge in [-0.15, -0.1) is 0 Å². The number of rotatable bonds is 5. The first-order valence-electron chi connectivity index (χ1n) is 12.0. The van der Waals surface area contributed by atoms with E-state index in [1.807, 2.05) is 36.4 Å². The molecule has 182 valence electrons. The number of nitrogens with one attached hydrogen (secondary N) is 1. The number of hydrogen-bond acceptors (Lipinski definition) is 6. The van der Waals surface area contributed by atoms with Crippen LogP contribution in [0.3, 0.4) is 0 Å². The average molecular weight is 482 g/mol. The van der Waals surface area contributed by atoms with Crippen LogP contribution < -0.4 is 10.4 Å². The highest BCUT2D eigenvalue weighted by Crippen LogP contribution is 2.42. The van der Waals surface area contributed by atoms with Crippen LogP contribution in [0.5, 0.6) is 0 Å². The zero-order valence-corrected chi connectivity index (χ0v) is 19.1. The van der Waals surface area contributed by atoms with Crippen LogP contribution in [0.4, 0.5) is 30.6 Å². The van der Waals surface area contributed by atoms with Gasteiger partial charge in [0.05, 0.1) is 12.6 Å². The van der Waals surface area contributed by atoms with Gasteiger partial charge in [0.2, 0.25) is 5.95 Å². The minimum absolute atomic E-state index is 0.102. The second kappa shape index (κ2) is 8.80. The van der Waals surface area contributed by atoms with Crippen LogP contribution >= 0.6 is 0 Å². The number of hydrogen-bond donors (Lipinski definition) is 1. The molecule has 3 heterocycles. The van der Waals surface area contributed by atoms with E-state index in [0.29, 0.717) is 13.0 Å². The summed E-state index contributed by atoms with van der Waals surface area (Å²) < 4.78 is 41.7. The van der Waals surface area contributed by atoms with Crippen molar-refractivity contribution in [2.24, 2.45) is 0 Å². The molecule has 2 aromatic carbocycles. The molecule has 0 spiro atoms. The lowest BCUT2D eigenvalue weighted by Gasteiger charge is -2.29. The second-order valence-corrected chi connectivity index (χ2v) is 9.36. The number of halogens is 3. The number of hydroxylamine groups is 1. The van der Waals surface area contributed by atoms with E-state index < -0.39 is 11.7 Å². The van der Waals surface area contributed by atoms with Crippen LogP contribution in [0.1, 0.15) is 47.6 Å². The molecule has 2 fully saturated rings. The van der Waals surface area contributed by atoms with Crippen LogP contribution in [0.25, 0.3) is 0 Å². The fraction of sp³-hybridized carbons (Fsp3) is 0.385. The molecule has 1 aliphatic carbocycles. The Labute approximate surface area is 201 Å². The molecule has 1 N–H and O–H groups in total. The smallest absolute Gasteiger partial charge is 0.324 e. The summed E-state index contributed by atoms with van der Waals surface area (Å²) in [5.41, 5.74) is 3.28. The highest BCUT2D eigenvalue weighted by molar-refractivity contribution is 5.59. The van der Waals surface area contributed by atoms with Gasteiger partial charge in [-0.05, 0) is 48.1 Å². The van der Waals surface area contributed by atoms with E-state index in [0.717, 1.165) is 43.0 Å². The molecule has 6 rings (SSSR count). The Morgan fingerprint density at radius 3 is 2.60 bits per heavy atom. The molecule has 1 saturated heterocycles. The highest BCUT2D eigenvalue weighted by atomic mass is 19.4. The van der Waals surface area contributed by atoms with Gasteiger partial charge in [0.25, 0.3) is 0 Å². The highest BCUT2D eigenvalue weighted by Gasteiger charge is 2.40. The maximum atomic E-state index is 13.9. The first-order valence-corrected chi connectivity index (χ1v) is 12.0. The third-order valence-electron chi connectivity index (χ3n) is 6.94. The topological polar surface area (TPSA) is 53.5 Å². The van der Waals surface area contributed by atoms with Crippen LogP contribution in [0, 0.1) is 0 Å². The van der Waals surface area contributed by atoms with Gasteiger partial charge in [-0.25, -0.2) is 10.0 Å². The van der Waals surface area contributed by atoms with Crippen molar-refractivity contribution < 1.29 is 18.0 Å². The van der Waals surface area contributed by atoms with Gasteiger partial charge >= 0.3 is 6.18 Å². The van der Waals surface area contributed by atoms with E-state index in [1.165, 1.54) is 29.0 Å². The van der Waals surface area contributed by atoms with Gasteiger partial charge < -0.3 is 5.32 Å². The third kappa shape index (κ3) is 4.58. The van der Waals surface area contributed by atoms with Crippen molar-refractivity contribution >= 4 is 17.5 Å². The van der Waals surface area contributed by atoms with Crippen molar-refractivity contribution in [3.8, 4) is 0 Å². The molecule has 1 atom stereocenters. The van der Waals surface area contributed by atoms with Gasteiger partial charge in [-0.1, -0.05) is 36.4 Å². The Kier molecular flexibility index (Phi) is 5.61. The molecule has 0 bridgehead atoms. The van der Waals surface area contributed by atoms with Crippen molar-refractivity contribution in [3.05, 3.63) is 77.0 Å². The molecule has 6 nitrogen and oxygen atoms in total. The molecule has 1 unspecified atom stereocenters. The largest absolute Gasteiger partial charge is 0.421 e. The predicted octanol–water partition coefficient (Wildman–Crippen LogP) is 5.64. The fourth-order valence-corrected chi connectivity index (χ4v) is 4.99. The lowest BCUT2D eigenvalue weighted by molar-refractivity contribution is -0.138. The standard InChI is InChI=1S/C26H26F3N5O/c27-26(28,29)22-15-30-25(32-24(22)34-23(11-13-35-34)17-4-2-1-3-5-17)31-20-7-6-19-16-33(21-8-9-21)12-10-18(19)14-20/h1-7,14-15,21,23H,8-13,16H2,(H,30,31,32). The maximum Gasteiger partial charge on any atom is 0.421 e. The van der Waals surface area contributed by atoms with Crippen molar-refractivity contribution in [2.45, 2.75) is 50.5 Å². The molecule has 3 aromatic rings. The summed E-state index contributed by atoms with van der Waals surface area (Å²) in [5.74, 6) is -0.176. The van der Waals surface area contributed by atoms with E-state index in [9.17, 15) is 13.2 Å². The van der Waals surface area contributed by atoms with Crippen molar-refractivity contribution in [2.75, 3.05) is 23.5 Å². The summed E-state index contributed by atoms with van der Waals surface area (Å²) in [6.07, 6.45) is 0.321. The van der Waals surface area contributed by atoms with Crippen molar-refractivity contribution in [3.63, 3.8) is 0 Å². The van der Waals surface area contributed by atoms with Crippen LogP contribution in [-0.4, -0.2) is 34.1 Å². The summed E-state index contributed by atoms with van der Waals surface area (Å²) in [6.45, 7) is 2.30. The van der Waals surface area contributed by atoms with E-state index in [4.69, 9.17) is 4.84 Å². The number of benzene rings is 2. The minimum Gasteiger partial charge on any atom is -0.324 e. The first-order chi connectivity index (χ1) is 17.0. The molecule has 2 aliphatic heterocycles. The maximum absolute atomic E-state index is 13.9. The predicted molar refractivity (Wildman–Crippen MR) is 126 cm³/mol. The number of aromatic nitrogens is 2. The summed E-state index contributed by atoms with van der Waals surface area (Å²) in [6, 6.07) is 15.8. The Bertz CT molecular complexity index is 1220. The summed E-state index contributed by atoms with van der Waals surface area (Å²) in [5, 5.41) is 4.39. The van der Waals surface area contributed by atoms with Crippen molar-refractivity contribution in [1.82, 2.24) is 14.9 Å². The SMILES string of the molecule is FC(F)(F)c1cnc(Nc2ccc3c(c2)CCN(C2CC2)C3)nc1N1OCCC1c1ccccc1. The summed E-state index contributed by atoms with van der Waals surface area (Å²) >= 11 is 0. The quantitative estimate of drug-likeness (QED) is 0.509. The Hall–Kier alpha value is -3.17. The lowest BCUT2D eigenvalue weighted by atomic mass is 9.99. The minimum atomic E-state index is -4.61. The van der Waals surface area contributed by atoms with Gasteiger partial charge in [0.1, 0.15) is 5.56 Å². The van der Waals surface area contributed by atoms with Crippen LogP contribution in [0.2, 0.25) is 0 Å². The lowest BCUT2D eigenvalue weighted by Crippen LogP contribution is -2.32. The second-order valence-electron chi connectivity index (χ2n) is 9.36. The molecule has 3 aliphatic rings. The van der Waals surface area contributed by atoms with Gasteiger partial charge in [-0.2, -0.15) is 18.2 Å². The molecular formula is C26H26F3N5O. The number of fused-ring (bicyclic) bond motifs is 1. The summed E-state index contributed by atoms with van der Waals surface area (Å²) in [4.78, 5) is 16.5. The van der Waals surface area contributed by atoms with E-state index >= 15 is 0 Å². The molecular weight excluding hydrogens is 455 g/mol. The van der Waals surface area contributed by atoms with Crippen LogP contribution in [0.15, 0.2) is 54.7 Å². The Morgan fingerprint density at radius 2 is 1.83 bits per heavy atom. The van der Waals surface area contributed by atoms with E-state index in [-0.39, 0.29) is 17.8 Å². The Morgan fingerprint density at radius 1 is 1.00 bits per heavy atom. The number of anilines is 3. The normalized spacial score (nSPS) is 20.7. The van der Waals surface area contributed by atoms with Gasteiger partial charge in [0.15, 0.2) is 5.82 Å². The monoisotopic (exact) mass is 481 g/mol. The zero-order valence-electron chi connectivity index (χ0n) is 19.1. The van der Waals surface area contributed by atoms with Gasteiger partial charge in [0, 0.05) is 37.4 Å². The number of nitrogens with zero attached hydrogens (tertiary/aromatic N) is 4. The average Bonchev–Trinajstić information content (AvgIpc) is 3.59. The van der Waals surface area contributed by atoms with E-state index in [2.05, 4.69) is 32.3 Å². The molecule has 0 amide bonds. The van der Waals surface area contributed by atoms with Crippen LogP contribution in [-0.2, 0) is 24.0 Å².